The molecule has 0 bridgehead atoms. The fourth-order valence-corrected chi connectivity index (χ4v) is 2.68. The predicted molar refractivity (Wildman–Crippen MR) is 99.3 cm³/mol. The minimum atomic E-state index is -1.25. The number of carbonyl (C=O) groups excluding carboxylic acids is 1. The molecule has 25 heavy (non-hydrogen) atoms. The van der Waals surface area contributed by atoms with E-state index in [0.717, 1.165) is 16.5 Å². The Kier molecular flexibility index (Phi) is 5.06. The largest absolute Gasteiger partial charge is 0.378 e. The van der Waals surface area contributed by atoms with E-state index in [0.29, 0.717) is 12.1 Å². The predicted octanol–water partition coefficient (Wildman–Crippen LogP) is 3.01. The van der Waals surface area contributed by atoms with Crippen LogP contribution in [0, 0.1) is 0 Å². The Hall–Kier alpha value is -3.18. The lowest BCUT2D eigenvalue weighted by molar-refractivity contribution is -0.129. The number of rotatable bonds is 6. The van der Waals surface area contributed by atoms with Gasteiger partial charge in [0.05, 0.1) is 6.21 Å². The zero-order valence-electron chi connectivity index (χ0n) is 13.7. The van der Waals surface area contributed by atoms with Crippen LogP contribution < -0.4 is 5.43 Å². The monoisotopic (exact) mass is 333 g/mol. The molecule has 0 radical (unpaired) electrons. The Morgan fingerprint density at radius 1 is 1.20 bits per heavy atom. The van der Waals surface area contributed by atoms with Crippen LogP contribution >= 0.6 is 0 Å². The van der Waals surface area contributed by atoms with Crippen molar-refractivity contribution in [3.05, 3.63) is 84.6 Å². The molecule has 5 nitrogen and oxygen atoms in total. The number of para-hydroxylation sites is 1. The van der Waals surface area contributed by atoms with Crippen molar-refractivity contribution in [2.24, 2.45) is 5.10 Å². The number of carbonyl (C=O) groups is 1. The molecule has 2 aromatic carbocycles. The summed E-state index contributed by atoms with van der Waals surface area (Å²) in [4.78, 5) is 12.0. The minimum Gasteiger partial charge on any atom is -0.378 e. The molecule has 0 fully saturated rings. The van der Waals surface area contributed by atoms with Crippen molar-refractivity contribution in [1.82, 2.24) is 9.99 Å². The number of allylic oxidation sites excluding steroid dienone is 1. The second-order valence-corrected chi connectivity index (χ2v) is 5.59. The fourth-order valence-electron chi connectivity index (χ4n) is 2.68. The van der Waals surface area contributed by atoms with E-state index >= 15 is 0 Å². The van der Waals surface area contributed by atoms with Crippen molar-refractivity contribution in [3.63, 3.8) is 0 Å². The fraction of sp³-hybridized carbons (Fsp3) is 0.100. The van der Waals surface area contributed by atoms with Crippen molar-refractivity contribution in [3.8, 4) is 0 Å². The number of aromatic nitrogens is 1. The van der Waals surface area contributed by atoms with E-state index in [1.807, 2.05) is 42.6 Å². The van der Waals surface area contributed by atoms with Gasteiger partial charge in [-0.1, -0.05) is 54.6 Å². The van der Waals surface area contributed by atoms with Gasteiger partial charge in [-0.15, -0.1) is 6.58 Å². The highest BCUT2D eigenvalue weighted by Crippen LogP contribution is 2.20. The van der Waals surface area contributed by atoms with Gasteiger partial charge in [0, 0.05) is 29.2 Å². The van der Waals surface area contributed by atoms with Gasteiger partial charge in [-0.05, 0) is 11.6 Å². The van der Waals surface area contributed by atoms with E-state index in [1.54, 1.807) is 30.5 Å². The average Bonchev–Trinajstić information content (AvgIpc) is 3.00. The zero-order chi connectivity index (χ0) is 17.6. The van der Waals surface area contributed by atoms with Crippen LogP contribution in [0.2, 0.25) is 0 Å². The molecule has 1 heterocycles. The van der Waals surface area contributed by atoms with Gasteiger partial charge in [-0.25, -0.2) is 5.43 Å². The molecule has 1 amide bonds. The lowest BCUT2D eigenvalue weighted by Gasteiger charge is -2.08. The number of fused-ring (bicyclic) bond motifs is 1. The summed E-state index contributed by atoms with van der Waals surface area (Å²) in [6.45, 7) is 4.45. The van der Waals surface area contributed by atoms with E-state index in [9.17, 15) is 9.90 Å². The summed E-state index contributed by atoms with van der Waals surface area (Å²) in [5.74, 6) is -0.572. The number of aliphatic hydroxyl groups excluding tert-OH is 1. The summed E-state index contributed by atoms with van der Waals surface area (Å²) in [6, 6.07) is 16.7. The second kappa shape index (κ2) is 7.59. The van der Waals surface area contributed by atoms with Crippen molar-refractivity contribution >= 4 is 23.0 Å². The first kappa shape index (κ1) is 16.7. The highest BCUT2D eigenvalue weighted by Gasteiger charge is 2.16. The topological polar surface area (TPSA) is 66.6 Å². The SMILES string of the molecule is C=CCn1cc(/C=N\NC(=O)[C@H](O)c2ccccc2)c2ccccc21. The molecule has 1 atom stereocenters. The molecule has 5 heteroatoms. The van der Waals surface area contributed by atoms with Crippen LogP contribution in [0.4, 0.5) is 0 Å². The summed E-state index contributed by atoms with van der Waals surface area (Å²) in [6.07, 6.45) is 4.11. The number of hydrogen-bond acceptors (Lipinski definition) is 3. The number of amides is 1. The summed E-state index contributed by atoms with van der Waals surface area (Å²) >= 11 is 0. The van der Waals surface area contributed by atoms with Crippen molar-refractivity contribution < 1.29 is 9.90 Å². The highest BCUT2D eigenvalue weighted by atomic mass is 16.3. The number of hydrogen-bond donors (Lipinski definition) is 2. The van der Waals surface area contributed by atoms with Crippen LogP contribution in [-0.4, -0.2) is 21.8 Å². The molecule has 2 N–H and O–H groups in total. The Balaban J connectivity index is 1.75. The van der Waals surface area contributed by atoms with Gasteiger partial charge in [-0.3, -0.25) is 4.79 Å². The van der Waals surface area contributed by atoms with Gasteiger partial charge >= 0.3 is 0 Å². The first-order valence-corrected chi connectivity index (χ1v) is 7.95. The standard InChI is InChI=1S/C20H19N3O2/c1-2-12-23-14-16(17-10-6-7-11-18(17)23)13-21-22-20(25)19(24)15-8-4-3-5-9-15/h2-11,13-14,19,24H,1,12H2,(H,22,25)/b21-13-/t19-/m1/s1. The lowest BCUT2D eigenvalue weighted by Crippen LogP contribution is -2.25. The number of nitrogens with zero attached hydrogens (tertiary/aromatic N) is 2. The molecule has 0 aliphatic rings. The molecule has 3 aromatic rings. The van der Waals surface area contributed by atoms with Crippen molar-refractivity contribution in [1.29, 1.82) is 0 Å². The third kappa shape index (κ3) is 3.67. The van der Waals surface area contributed by atoms with Crippen LogP contribution in [0.25, 0.3) is 10.9 Å². The Labute approximate surface area is 145 Å². The van der Waals surface area contributed by atoms with Crippen LogP contribution in [0.3, 0.4) is 0 Å². The Morgan fingerprint density at radius 3 is 2.68 bits per heavy atom. The molecule has 1 aromatic heterocycles. The first-order valence-electron chi connectivity index (χ1n) is 7.95. The van der Waals surface area contributed by atoms with Crippen molar-refractivity contribution in [2.75, 3.05) is 0 Å². The third-order valence-electron chi connectivity index (χ3n) is 3.89. The van der Waals surface area contributed by atoms with Crippen LogP contribution in [0.1, 0.15) is 17.2 Å². The molecule has 0 saturated heterocycles. The van der Waals surface area contributed by atoms with E-state index in [4.69, 9.17) is 0 Å². The lowest BCUT2D eigenvalue weighted by atomic mass is 10.1. The Bertz CT molecular complexity index is 913. The smallest absolute Gasteiger partial charge is 0.273 e. The first-order chi connectivity index (χ1) is 12.2. The molecular weight excluding hydrogens is 314 g/mol. The van der Waals surface area contributed by atoms with E-state index < -0.39 is 12.0 Å². The maximum Gasteiger partial charge on any atom is 0.273 e. The molecule has 0 aliphatic heterocycles. The molecular formula is C20H19N3O2. The van der Waals surface area contributed by atoms with Gasteiger partial charge in [0.1, 0.15) is 0 Å². The van der Waals surface area contributed by atoms with Gasteiger partial charge < -0.3 is 9.67 Å². The van der Waals surface area contributed by atoms with E-state index in [-0.39, 0.29) is 0 Å². The van der Waals surface area contributed by atoms with Gasteiger partial charge in [-0.2, -0.15) is 5.10 Å². The summed E-state index contributed by atoms with van der Waals surface area (Å²) < 4.78 is 2.06. The molecule has 0 unspecified atom stereocenters. The van der Waals surface area contributed by atoms with Crippen LogP contribution in [0.5, 0.6) is 0 Å². The Morgan fingerprint density at radius 2 is 1.92 bits per heavy atom. The third-order valence-corrected chi connectivity index (χ3v) is 3.89. The molecule has 3 rings (SSSR count). The van der Waals surface area contributed by atoms with E-state index in [2.05, 4.69) is 21.7 Å². The second-order valence-electron chi connectivity index (χ2n) is 5.59. The maximum atomic E-state index is 12.0. The summed E-state index contributed by atoms with van der Waals surface area (Å²) in [5, 5.41) is 15.1. The highest BCUT2D eigenvalue weighted by molar-refractivity contribution is 5.99. The average molecular weight is 333 g/mol. The quantitative estimate of drug-likeness (QED) is 0.414. The van der Waals surface area contributed by atoms with E-state index in [1.165, 1.54) is 0 Å². The zero-order valence-corrected chi connectivity index (χ0v) is 13.7. The van der Waals surface area contributed by atoms with Crippen LogP contribution in [-0.2, 0) is 11.3 Å². The number of benzene rings is 2. The maximum absolute atomic E-state index is 12.0. The van der Waals surface area contributed by atoms with Gasteiger partial charge in [0.2, 0.25) is 0 Å². The number of aliphatic hydroxyl groups is 1. The summed E-state index contributed by atoms with van der Waals surface area (Å²) in [5.41, 5.74) is 4.86. The van der Waals surface area contributed by atoms with Crippen molar-refractivity contribution in [2.45, 2.75) is 12.6 Å². The number of nitrogens with one attached hydrogen (secondary N) is 1. The molecule has 0 spiro atoms. The van der Waals surface area contributed by atoms with Gasteiger partial charge in [0.25, 0.3) is 5.91 Å². The molecule has 0 aliphatic carbocycles. The summed E-state index contributed by atoms with van der Waals surface area (Å²) in [7, 11) is 0. The minimum absolute atomic E-state index is 0.526. The van der Waals surface area contributed by atoms with Crippen LogP contribution in [0.15, 0.2) is 78.6 Å². The molecule has 0 saturated carbocycles. The molecule has 126 valence electrons. The normalized spacial score (nSPS) is 12.4. The number of hydrazone groups is 1. The van der Waals surface area contributed by atoms with Gasteiger partial charge in [0.15, 0.2) is 6.10 Å².